The number of nitrogens with zero attached hydrogens (tertiary/aromatic N) is 4. The van der Waals surface area contributed by atoms with E-state index >= 15 is 0 Å². The number of rotatable bonds is 6. The first-order valence-corrected chi connectivity index (χ1v) is 6.81. The molecule has 2 heterocycles. The fraction of sp³-hybridized carbons (Fsp3) is 0.500. The van der Waals surface area contributed by atoms with Crippen LogP contribution in [0.3, 0.4) is 0 Å². The van der Waals surface area contributed by atoms with Crippen molar-refractivity contribution in [2.45, 2.75) is 39.8 Å². The highest BCUT2D eigenvalue weighted by Crippen LogP contribution is 2.04. The van der Waals surface area contributed by atoms with E-state index in [2.05, 4.69) is 15.5 Å². The maximum Gasteiger partial charge on any atom is 0.221 e. The summed E-state index contributed by atoms with van der Waals surface area (Å²) in [7, 11) is 0. The minimum Gasteiger partial charge on any atom is -0.354 e. The summed E-state index contributed by atoms with van der Waals surface area (Å²) in [5, 5.41) is 11.3. The normalized spacial score (nSPS) is 12.3. The highest BCUT2D eigenvalue weighted by molar-refractivity contribution is 5.75. The molecule has 1 amide bonds. The Kier molecular flexibility index (Phi) is 4.55. The van der Waals surface area contributed by atoms with Crippen molar-refractivity contribution in [3.05, 3.63) is 35.9 Å². The van der Waals surface area contributed by atoms with E-state index in [9.17, 15) is 4.79 Å². The molecular formula is C14H21N5O. The van der Waals surface area contributed by atoms with Gasteiger partial charge in [0.1, 0.15) is 0 Å². The highest BCUT2D eigenvalue weighted by atomic mass is 16.1. The van der Waals surface area contributed by atoms with Crippen molar-refractivity contribution < 1.29 is 4.79 Å². The van der Waals surface area contributed by atoms with E-state index in [0.717, 1.165) is 11.1 Å². The minimum atomic E-state index is 0.0360. The summed E-state index contributed by atoms with van der Waals surface area (Å²) < 4.78 is 3.65. The monoisotopic (exact) mass is 275 g/mol. The van der Waals surface area contributed by atoms with E-state index in [0.29, 0.717) is 19.5 Å². The Hall–Kier alpha value is -2.11. The second-order valence-corrected chi connectivity index (χ2v) is 5.18. The van der Waals surface area contributed by atoms with Gasteiger partial charge < -0.3 is 5.32 Å². The molecule has 0 bridgehead atoms. The van der Waals surface area contributed by atoms with Gasteiger partial charge in [-0.15, -0.1) is 0 Å². The Morgan fingerprint density at radius 3 is 2.55 bits per heavy atom. The van der Waals surface area contributed by atoms with E-state index in [-0.39, 0.29) is 11.9 Å². The molecule has 0 aliphatic carbocycles. The zero-order valence-electron chi connectivity index (χ0n) is 12.2. The zero-order chi connectivity index (χ0) is 14.5. The number of nitrogens with one attached hydrogen (secondary N) is 1. The number of carbonyl (C=O) groups is 1. The number of aromatic nitrogens is 4. The summed E-state index contributed by atoms with van der Waals surface area (Å²) in [5.74, 6) is 0.0360. The third-order valence-corrected chi connectivity index (χ3v) is 3.11. The van der Waals surface area contributed by atoms with Crippen LogP contribution in [0.25, 0.3) is 0 Å². The lowest BCUT2D eigenvalue weighted by Crippen LogP contribution is -2.30. The quantitative estimate of drug-likeness (QED) is 0.868. The first kappa shape index (κ1) is 14.3. The van der Waals surface area contributed by atoms with Crippen molar-refractivity contribution in [2.24, 2.45) is 0 Å². The van der Waals surface area contributed by atoms with Gasteiger partial charge in [0.2, 0.25) is 5.91 Å². The third-order valence-electron chi connectivity index (χ3n) is 3.11. The average Bonchev–Trinajstić information content (AvgIpc) is 3.02. The first-order valence-electron chi connectivity index (χ1n) is 6.81. The lowest BCUT2D eigenvalue weighted by molar-refractivity contribution is -0.121. The summed E-state index contributed by atoms with van der Waals surface area (Å²) in [6.45, 7) is 7.20. The zero-order valence-corrected chi connectivity index (χ0v) is 12.2. The van der Waals surface area contributed by atoms with Gasteiger partial charge in [-0.05, 0) is 31.9 Å². The molecule has 1 atom stereocenters. The standard InChI is InChI=1S/C14H21N5O/c1-11-6-16-18(9-11)5-4-14(20)15-8-13(3)19-10-12(2)7-17-19/h6-7,9-10,13H,4-5,8H2,1-3H3,(H,15,20)/t13-/m1/s1. The van der Waals surface area contributed by atoms with E-state index in [1.807, 2.05) is 44.0 Å². The molecule has 0 spiro atoms. The Bertz CT molecular complexity index is 572. The fourth-order valence-electron chi connectivity index (χ4n) is 1.92. The van der Waals surface area contributed by atoms with Gasteiger partial charge in [0, 0.05) is 31.9 Å². The molecule has 0 saturated carbocycles. The molecule has 2 aromatic heterocycles. The van der Waals surface area contributed by atoms with Gasteiger partial charge >= 0.3 is 0 Å². The molecule has 1 N–H and O–H groups in total. The van der Waals surface area contributed by atoms with Crippen LogP contribution in [-0.2, 0) is 11.3 Å². The van der Waals surface area contributed by atoms with Crippen molar-refractivity contribution >= 4 is 5.91 Å². The van der Waals surface area contributed by atoms with Gasteiger partial charge in [0.25, 0.3) is 0 Å². The van der Waals surface area contributed by atoms with Crippen LogP contribution in [0, 0.1) is 13.8 Å². The molecule has 6 nitrogen and oxygen atoms in total. The van der Waals surface area contributed by atoms with Crippen LogP contribution in [0.2, 0.25) is 0 Å². The number of aryl methyl sites for hydroxylation is 3. The molecule has 108 valence electrons. The third kappa shape index (κ3) is 3.94. The highest BCUT2D eigenvalue weighted by Gasteiger charge is 2.08. The van der Waals surface area contributed by atoms with Crippen molar-refractivity contribution in [2.75, 3.05) is 6.54 Å². The summed E-state index contributed by atoms with van der Waals surface area (Å²) in [5.41, 5.74) is 2.23. The average molecular weight is 275 g/mol. The van der Waals surface area contributed by atoms with Gasteiger partial charge in [0.15, 0.2) is 0 Å². The summed E-state index contributed by atoms with van der Waals surface area (Å²) >= 11 is 0. The van der Waals surface area contributed by atoms with E-state index in [4.69, 9.17) is 0 Å². The number of hydrogen-bond donors (Lipinski definition) is 1. The van der Waals surface area contributed by atoms with Gasteiger partial charge in [0.05, 0.1) is 18.4 Å². The second-order valence-electron chi connectivity index (χ2n) is 5.18. The van der Waals surface area contributed by atoms with Crippen molar-refractivity contribution in [3.8, 4) is 0 Å². The lowest BCUT2D eigenvalue weighted by atomic mass is 10.3. The van der Waals surface area contributed by atoms with Crippen molar-refractivity contribution in [1.82, 2.24) is 24.9 Å². The molecule has 0 aliphatic rings. The van der Waals surface area contributed by atoms with Crippen molar-refractivity contribution in [3.63, 3.8) is 0 Å². The molecule has 0 aromatic carbocycles. The minimum absolute atomic E-state index is 0.0360. The Morgan fingerprint density at radius 2 is 1.95 bits per heavy atom. The second kappa shape index (κ2) is 6.36. The van der Waals surface area contributed by atoms with E-state index in [1.54, 1.807) is 10.9 Å². The molecule has 0 fully saturated rings. The van der Waals surface area contributed by atoms with Crippen LogP contribution in [0.4, 0.5) is 0 Å². The number of hydrogen-bond acceptors (Lipinski definition) is 3. The van der Waals surface area contributed by atoms with Gasteiger partial charge in [-0.3, -0.25) is 14.2 Å². The predicted octanol–water partition coefficient (Wildman–Crippen LogP) is 1.46. The maximum atomic E-state index is 11.8. The van der Waals surface area contributed by atoms with Crippen molar-refractivity contribution in [1.29, 1.82) is 0 Å². The molecule has 2 rings (SSSR count). The molecule has 0 radical (unpaired) electrons. The van der Waals surface area contributed by atoms with Gasteiger partial charge in [-0.1, -0.05) is 0 Å². The maximum absolute atomic E-state index is 11.8. The summed E-state index contributed by atoms with van der Waals surface area (Å²) in [6, 6.07) is 0.152. The van der Waals surface area contributed by atoms with Gasteiger partial charge in [-0.25, -0.2) is 0 Å². The van der Waals surface area contributed by atoms with E-state index < -0.39 is 0 Å². The number of carbonyl (C=O) groups excluding carboxylic acids is 1. The van der Waals surface area contributed by atoms with E-state index in [1.165, 1.54) is 0 Å². The predicted molar refractivity (Wildman–Crippen MR) is 76.3 cm³/mol. The van der Waals surface area contributed by atoms with Crippen LogP contribution in [-0.4, -0.2) is 32.0 Å². The SMILES string of the molecule is Cc1cnn(CCC(=O)NC[C@@H](C)n2cc(C)cn2)c1. The largest absolute Gasteiger partial charge is 0.354 e. The van der Waals surface area contributed by atoms with Crippen LogP contribution in [0.5, 0.6) is 0 Å². The van der Waals surface area contributed by atoms with Crippen LogP contribution >= 0.6 is 0 Å². The molecule has 20 heavy (non-hydrogen) atoms. The van der Waals surface area contributed by atoms with Crippen LogP contribution < -0.4 is 5.32 Å². The Labute approximate surface area is 118 Å². The molecule has 0 saturated heterocycles. The topological polar surface area (TPSA) is 64.7 Å². The smallest absolute Gasteiger partial charge is 0.221 e. The fourth-order valence-corrected chi connectivity index (χ4v) is 1.92. The summed E-state index contributed by atoms with van der Waals surface area (Å²) in [4.78, 5) is 11.8. The van der Waals surface area contributed by atoms with Crippen LogP contribution in [0.1, 0.15) is 30.5 Å². The summed E-state index contributed by atoms with van der Waals surface area (Å²) in [6.07, 6.45) is 7.95. The molecule has 2 aromatic rings. The Morgan fingerprint density at radius 1 is 1.25 bits per heavy atom. The molecule has 0 aliphatic heterocycles. The lowest BCUT2D eigenvalue weighted by Gasteiger charge is -2.13. The first-order chi connectivity index (χ1) is 9.54. The molecule has 0 unspecified atom stereocenters. The Balaban J connectivity index is 1.72. The molecule has 6 heteroatoms. The van der Waals surface area contributed by atoms with Crippen LogP contribution in [0.15, 0.2) is 24.8 Å². The molecular weight excluding hydrogens is 254 g/mol. The number of amides is 1. The van der Waals surface area contributed by atoms with Gasteiger partial charge in [-0.2, -0.15) is 10.2 Å².